The molecule has 1 N–H and O–H groups in total. The first kappa shape index (κ1) is 11.9. The van der Waals surface area contributed by atoms with Gasteiger partial charge < -0.3 is 10.1 Å². The summed E-state index contributed by atoms with van der Waals surface area (Å²) in [4.78, 5) is 0. The van der Waals surface area contributed by atoms with E-state index in [1.54, 1.807) is 18.4 Å². The van der Waals surface area contributed by atoms with E-state index in [1.165, 1.54) is 0 Å². The molecule has 0 spiro atoms. The van der Waals surface area contributed by atoms with Crippen LogP contribution in [0.5, 0.6) is 5.75 Å². The Morgan fingerprint density at radius 2 is 1.82 bits per heavy atom. The lowest BCUT2D eigenvalue weighted by atomic mass is 10.1. The van der Waals surface area contributed by atoms with Crippen molar-refractivity contribution in [3.05, 3.63) is 23.3 Å². The molecule has 0 saturated carbocycles. The van der Waals surface area contributed by atoms with Crippen LogP contribution in [0.25, 0.3) is 10.6 Å². The molecule has 0 fully saturated rings. The molecule has 2 aromatic rings. The first-order valence-electron chi connectivity index (χ1n) is 5.32. The monoisotopic (exact) mass is 249 g/mol. The number of rotatable bonds is 3. The minimum absolute atomic E-state index is 0.825. The maximum absolute atomic E-state index is 5.35. The summed E-state index contributed by atoms with van der Waals surface area (Å²) in [6.45, 7) is 4.07. The highest BCUT2D eigenvalue weighted by Crippen LogP contribution is 2.32. The zero-order valence-corrected chi connectivity index (χ0v) is 11.2. The molecule has 0 aliphatic carbocycles. The van der Waals surface area contributed by atoms with E-state index < -0.39 is 0 Å². The first-order valence-corrected chi connectivity index (χ1v) is 6.14. The third-order valence-electron chi connectivity index (χ3n) is 2.55. The van der Waals surface area contributed by atoms with Crippen LogP contribution < -0.4 is 10.1 Å². The van der Waals surface area contributed by atoms with Crippen LogP contribution >= 0.6 is 11.3 Å². The van der Waals surface area contributed by atoms with Crippen molar-refractivity contribution in [2.75, 3.05) is 19.5 Å². The number of anilines is 1. The van der Waals surface area contributed by atoms with Gasteiger partial charge >= 0.3 is 0 Å². The second-order valence-corrected chi connectivity index (χ2v) is 4.78. The molecule has 0 unspecified atom stereocenters. The van der Waals surface area contributed by atoms with Crippen LogP contribution in [0, 0.1) is 13.8 Å². The second kappa shape index (κ2) is 4.71. The van der Waals surface area contributed by atoms with Crippen molar-refractivity contribution < 1.29 is 4.74 Å². The summed E-state index contributed by atoms with van der Waals surface area (Å²) in [5, 5.41) is 12.9. The number of hydrogen-bond acceptors (Lipinski definition) is 5. The Morgan fingerprint density at radius 3 is 2.29 bits per heavy atom. The molecule has 0 atom stereocenters. The Hall–Kier alpha value is -1.62. The van der Waals surface area contributed by atoms with Gasteiger partial charge in [0, 0.05) is 12.6 Å². The van der Waals surface area contributed by atoms with Gasteiger partial charge in [-0.2, -0.15) is 0 Å². The van der Waals surface area contributed by atoms with Gasteiger partial charge in [0.15, 0.2) is 0 Å². The van der Waals surface area contributed by atoms with Crippen LogP contribution in [0.3, 0.4) is 0 Å². The molecule has 5 heteroatoms. The van der Waals surface area contributed by atoms with Gasteiger partial charge in [0.25, 0.3) is 0 Å². The number of aryl methyl sites for hydroxylation is 2. The number of benzene rings is 1. The summed E-state index contributed by atoms with van der Waals surface area (Å²) in [6, 6.07) is 4.15. The van der Waals surface area contributed by atoms with Crippen molar-refractivity contribution in [2.45, 2.75) is 13.8 Å². The summed E-state index contributed by atoms with van der Waals surface area (Å²) < 4.78 is 5.35. The van der Waals surface area contributed by atoms with Crippen LogP contribution in [0.2, 0.25) is 0 Å². The molecule has 1 heterocycles. The van der Waals surface area contributed by atoms with Gasteiger partial charge in [0.05, 0.1) is 7.11 Å². The Labute approximate surface area is 105 Å². The number of nitrogens with zero attached hydrogens (tertiary/aromatic N) is 2. The summed E-state index contributed by atoms with van der Waals surface area (Å²) in [7, 11) is 3.54. The molecule has 4 nitrogen and oxygen atoms in total. The van der Waals surface area contributed by atoms with E-state index in [0.717, 1.165) is 32.6 Å². The zero-order valence-electron chi connectivity index (χ0n) is 10.4. The van der Waals surface area contributed by atoms with E-state index in [2.05, 4.69) is 27.6 Å². The SMILES string of the molecule is CNc1nnc(-c2cc(C)c(OC)c(C)c2)s1. The van der Waals surface area contributed by atoms with Gasteiger partial charge in [-0.1, -0.05) is 11.3 Å². The van der Waals surface area contributed by atoms with E-state index in [0.29, 0.717) is 0 Å². The predicted molar refractivity (Wildman–Crippen MR) is 70.9 cm³/mol. The quantitative estimate of drug-likeness (QED) is 0.908. The number of aromatic nitrogens is 2. The average molecular weight is 249 g/mol. The van der Waals surface area contributed by atoms with Gasteiger partial charge in [-0.15, -0.1) is 10.2 Å². The second-order valence-electron chi connectivity index (χ2n) is 3.81. The predicted octanol–water partition coefficient (Wildman–Crippen LogP) is 2.87. The van der Waals surface area contributed by atoms with E-state index >= 15 is 0 Å². The first-order chi connectivity index (χ1) is 8.15. The van der Waals surface area contributed by atoms with E-state index in [4.69, 9.17) is 4.74 Å². The smallest absolute Gasteiger partial charge is 0.205 e. The molecule has 90 valence electrons. The Kier molecular flexibility index (Phi) is 3.28. The maximum Gasteiger partial charge on any atom is 0.205 e. The molecule has 17 heavy (non-hydrogen) atoms. The normalized spacial score (nSPS) is 10.4. The lowest BCUT2D eigenvalue weighted by Gasteiger charge is -2.09. The largest absolute Gasteiger partial charge is 0.496 e. The fourth-order valence-corrected chi connectivity index (χ4v) is 2.52. The Bertz CT molecular complexity index is 513. The minimum atomic E-state index is 0.825. The Morgan fingerprint density at radius 1 is 1.18 bits per heavy atom. The van der Waals surface area contributed by atoms with Crippen LogP contribution in [-0.4, -0.2) is 24.4 Å². The van der Waals surface area contributed by atoms with Crippen molar-refractivity contribution in [3.63, 3.8) is 0 Å². The van der Waals surface area contributed by atoms with Gasteiger partial charge in [-0.25, -0.2) is 0 Å². The van der Waals surface area contributed by atoms with E-state index in [9.17, 15) is 0 Å². The molecule has 1 aromatic carbocycles. The molecule has 0 saturated heterocycles. The van der Waals surface area contributed by atoms with E-state index in [1.807, 2.05) is 20.9 Å². The molecular formula is C12H15N3OS. The lowest BCUT2D eigenvalue weighted by molar-refractivity contribution is 0.408. The number of ether oxygens (including phenoxy) is 1. The van der Waals surface area contributed by atoms with E-state index in [-0.39, 0.29) is 0 Å². The highest BCUT2D eigenvalue weighted by atomic mass is 32.1. The van der Waals surface area contributed by atoms with Crippen LogP contribution in [0.1, 0.15) is 11.1 Å². The molecule has 1 aromatic heterocycles. The molecule has 0 aliphatic rings. The topological polar surface area (TPSA) is 47.0 Å². The third-order valence-corrected chi connectivity index (χ3v) is 3.54. The van der Waals surface area contributed by atoms with Gasteiger partial charge in [-0.3, -0.25) is 0 Å². The maximum atomic E-state index is 5.35. The molecule has 0 radical (unpaired) electrons. The lowest BCUT2D eigenvalue weighted by Crippen LogP contribution is -1.92. The van der Waals surface area contributed by atoms with Crippen LogP contribution in [0.4, 0.5) is 5.13 Å². The zero-order chi connectivity index (χ0) is 12.4. The molecule has 0 bridgehead atoms. The number of nitrogens with one attached hydrogen (secondary N) is 1. The number of methoxy groups -OCH3 is 1. The molecule has 2 rings (SSSR count). The van der Waals surface area contributed by atoms with Crippen molar-refractivity contribution >= 4 is 16.5 Å². The standard InChI is InChI=1S/C12H15N3OS/c1-7-5-9(6-8(2)10(7)16-4)11-14-15-12(13-3)17-11/h5-6H,1-4H3,(H,13,15). The number of hydrogen-bond donors (Lipinski definition) is 1. The van der Waals surface area contributed by atoms with Crippen molar-refractivity contribution in [1.82, 2.24) is 10.2 Å². The highest BCUT2D eigenvalue weighted by molar-refractivity contribution is 7.18. The fraction of sp³-hybridized carbons (Fsp3) is 0.333. The van der Waals surface area contributed by atoms with Gasteiger partial charge in [-0.05, 0) is 37.1 Å². The molecular weight excluding hydrogens is 234 g/mol. The summed E-state index contributed by atoms with van der Waals surface area (Å²) >= 11 is 1.54. The third kappa shape index (κ3) is 2.24. The van der Waals surface area contributed by atoms with Crippen LogP contribution in [-0.2, 0) is 0 Å². The van der Waals surface area contributed by atoms with Crippen molar-refractivity contribution in [3.8, 4) is 16.3 Å². The average Bonchev–Trinajstić information content (AvgIpc) is 2.77. The van der Waals surface area contributed by atoms with Gasteiger partial charge in [0.1, 0.15) is 10.8 Å². The summed E-state index contributed by atoms with van der Waals surface area (Å²) in [6.07, 6.45) is 0. The van der Waals surface area contributed by atoms with Crippen LogP contribution in [0.15, 0.2) is 12.1 Å². The van der Waals surface area contributed by atoms with Crippen molar-refractivity contribution in [2.24, 2.45) is 0 Å². The Balaban J connectivity index is 2.46. The summed E-state index contributed by atoms with van der Waals surface area (Å²) in [5.74, 6) is 0.937. The van der Waals surface area contributed by atoms with Gasteiger partial charge in [0.2, 0.25) is 5.13 Å². The molecule has 0 aliphatic heterocycles. The highest BCUT2D eigenvalue weighted by Gasteiger charge is 2.10. The fourth-order valence-electron chi connectivity index (χ4n) is 1.84. The molecule has 0 amide bonds. The van der Waals surface area contributed by atoms with Crippen molar-refractivity contribution in [1.29, 1.82) is 0 Å². The summed E-state index contributed by atoms with van der Waals surface area (Å²) in [5.41, 5.74) is 3.31. The minimum Gasteiger partial charge on any atom is -0.496 e.